The third-order valence-electron chi connectivity index (χ3n) is 6.50. The first-order valence-electron chi connectivity index (χ1n) is 12.3. The molecule has 1 aliphatic carbocycles. The molecule has 212 valence electrons. The molecule has 2 aromatic carbocycles. The summed E-state index contributed by atoms with van der Waals surface area (Å²) in [6.45, 7) is 5.16. The first-order valence-corrected chi connectivity index (χ1v) is 12.9. The standard InChI is InChI=1S/C28H32ClF3N2O5/c1-26(2,3)39-24(36)20-13-27(14-20,25(37)33-16-18-7-11-22(38-4)12-8-18)34(23(35)15-29)17-19-5-9-21(10-6-19)28(30,31)32/h5-12,20H,13-17H2,1-4H3,(H,33,37). The monoisotopic (exact) mass is 568 g/mol. The molecule has 1 N–H and O–H groups in total. The molecule has 0 saturated heterocycles. The zero-order valence-corrected chi connectivity index (χ0v) is 23.0. The normalized spacial score (nSPS) is 19.0. The molecule has 0 unspecified atom stereocenters. The predicted molar refractivity (Wildman–Crippen MR) is 139 cm³/mol. The van der Waals surface area contributed by atoms with Gasteiger partial charge in [-0.2, -0.15) is 13.2 Å². The van der Waals surface area contributed by atoms with Crippen molar-refractivity contribution in [1.82, 2.24) is 10.2 Å². The summed E-state index contributed by atoms with van der Waals surface area (Å²) in [4.78, 5) is 40.7. The Morgan fingerprint density at radius 3 is 2.05 bits per heavy atom. The number of methoxy groups -OCH3 is 1. The van der Waals surface area contributed by atoms with Crippen molar-refractivity contribution < 1.29 is 37.0 Å². The average molecular weight is 569 g/mol. The third-order valence-corrected chi connectivity index (χ3v) is 6.73. The van der Waals surface area contributed by atoms with Gasteiger partial charge in [0.05, 0.1) is 18.6 Å². The molecule has 0 atom stereocenters. The molecule has 1 saturated carbocycles. The van der Waals surface area contributed by atoms with Crippen molar-refractivity contribution in [3.63, 3.8) is 0 Å². The van der Waals surface area contributed by atoms with Crippen LogP contribution in [0, 0.1) is 5.92 Å². The molecule has 2 aromatic rings. The minimum atomic E-state index is -4.51. The molecule has 3 rings (SSSR count). The zero-order chi connectivity index (χ0) is 29.0. The van der Waals surface area contributed by atoms with Crippen molar-refractivity contribution in [3.8, 4) is 5.75 Å². The number of carbonyl (C=O) groups excluding carboxylic acids is 3. The molecule has 0 radical (unpaired) electrons. The Kier molecular flexibility index (Phi) is 9.20. The SMILES string of the molecule is COc1ccc(CNC(=O)C2(N(Cc3ccc(C(F)(F)F)cc3)C(=O)CCl)CC(C(=O)OC(C)(C)C)C2)cc1. The molecule has 0 heterocycles. The van der Waals surface area contributed by atoms with Crippen LogP contribution in [-0.2, 0) is 38.4 Å². The van der Waals surface area contributed by atoms with Crippen LogP contribution in [0.1, 0.15) is 50.3 Å². The van der Waals surface area contributed by atoms with Crippen molar-refractivity contribution in [2.24, 2.45) is 5.92 Å². The van der Waals surface area contributed by atoms with E-state index in [1.807, 2.05) is 0 Å². The summed E-state index contributed by atoms with van der Waals surface area (Å²) in [5, 5.41) is 2.84. The van der Waals surface area contributed by atoms with E-state index in [4.69, 9.17) is 21.1 Å². The largest absolute Gasteiger partial charge is 0.497 e. The maximum atomic E-state index is 13.7. The molecule has 0 aromatic heterocycles. The number of esters is 1. The topological polar surface area (TPSA) is 84.9 Å². The Hall–Kier alpha value is -3.27. The lowest BCUT2D eigenvalue weighted by molar-refractivity contribution is -0.176. The van der Waals surface area contributed by atoms with Gasteiger partial charge in [-0.3, -0.25) is 14.4 Å². The van der Waals surface area contributed by atoms with E-state index in [0.29, 0.717) is 11.3 Å². The number of ether oxygens (including phenoxy) is 2. The highest BCUT2D eigenvalue weighted by atomic mass is 35.5. The van der Waals surface area contributed by atoms with Crippen LogP contribution in [0.4, 0.5) is 13.2 Å². The van der Waals surface area contributed by atoms with Gasteiger partial charge < -0.3 is 19.7 Å². The molecule has 1 fully saturated rings. The molecule has 2 amide bonds. The van der Waals surface area contributed by atoms with Gasteiger partial charge in [0.25, 0.3) is 0 Å². The number of carbonyl (C=O) groups is 3. The summed E-state index contributed by atoms with van der Waals surface area (Å²) in [5.74, 6) is -2.02. The predicted octanol–water partition coefficient (Wildman–Crippen LogP) is 5.09. The molecule has 0 aliphatic heterocycles. The van der Waals surface area contributed by atoms with Crippen molar-refractivity contribution in [2.45, 2.75) is 64.0 Å². The van der Waals surface area contributed by atoms with E-state index in [9.17, 15) is 27.6 Å². The van der Waals surface area contributed by atoms with E-state index in [-0.39, 0.29) is 25.9 Å². The molecule has 0 spiro atoms. The van der Waals surface area contributed by atoms with Crippen molar-refractivity contribution in [1.29, 1.82) is 0 Å². The molecular formula is C28H32ClF3N2O5. The van der Waals surface area contributed by atoms with Gasteiger partial charge in [-0.1, -0.05) is 24.3 Å². The van der Waals surface area contributed by atoms with E-state index in [2.05, 4.69) is 5.32 Å². The Bertz CT molecular complexity index is 1170. The Balaban J connectivity index is 1.88. The zero-order valence-electron chi connectivity index (χ0n) is 22.2. The Morgan fingerprint density at radius 1 is 1.00 bits per heavy atom. The fourth-order valence-corrected chi connectivity index (χ4v) is 4.60. The average Bonchev–Trinajstić information content (AvgIpc) is 2.84. The smallest absolute Gasteiger partial charge is 0.416 e. The minimum Gasteiger partial charge on any atom is -0.497 e. The lowest BCUT2D eigenvalue weighted by Crippen LogP contribution is -2.68. The highest BCUT2D eigenvalue weighted by Gasteiger charge is 2.58. The van der Waals surface area contributed by atoms with Crippen LogP contribution >= 0.6 is 11.6 Å². The van der Waals surface area contributed by atoms with Gasteiger partial charge in [0.1, 0.15) is 22.8 Å². The van der Waals surface area contributed by atoms with Crippen molar-refractivity contribution in [3.05, 3.63) is 65.2 Å². The Morgan fingerprint density at radius 2 is 1.56 bits per heavy atom. The number of alkyl halides is 4. The second kappa shape index (κ2) is 11.9. The van der Waals surface area contributed by atoms with Crippen molar-refractivity contribution in [2.75, 3.05) is 13.0 Å². The second-order valence-corrected chi connectivity index (χ2v) is 10.8. The lowest BCUT2D eigenvalue weighted by Gasteiger charge is -2.52. The van der Waals surface area contributed by atoms with Gasteiger partial charge in [0.15, 0.2) is 0 Å². The molecule has 1 aliphatic rings. The maximum Gasteiger partial charge on any atom is 0.416 e. The van der Waals surface area contributed by atoms with Crippen LogP contribution in [0.25, 0.3) is 0 Å². The van der Waals surface area contributed by atoms with Crippen molar-refractivity contribution >= 4 is 29.4 Å². The van der Waals surface area contributed by atoms with Crippen LogP contribution < -0.4 is 10.1 Å². The van der Waals surface area contributed by atoms with Gasteiger partial charge in [0.2, 0.25) is 11.8 Å². The summed E-state index contributed by atoms with van der Waals surface area (Å²) in [5.41, 5.74) is -1.85. The van der Waals surface area contributed by atoms with Gasteiger partial charge in [0, 0.05) is 13.1 Å². The third kappa shape index (κ3) is 7.44. The van der Waals surface area contributed by atoms with E-state index in [1.54, 1.807) is 45.0 Å². The first kappa shape index (κ1) is 30.3. The highest BCUT2D eigenvalue weighted by Crippen LogP contribution is 2.45. The first-order chi connectivity index (χ1) is 18.2. The van der Waals surface area contributed by atoms with Gasteiger partial charge >= 0.3 is 12.1 Å². The quantitative estimate of drug-likeness (QED) is 0.336. The number of nitrogens with zero attached hydrogens (tertiary/aromatic N) is 1. The summed E-state index contributed by atoms with van der Waals surface area (Å²) in [6, 6.07) is 11.4. The number of rotatable bonds is 9. The number of hydrogen-bond acceptors (Lipinski definition) is 5. The fourth-order valence-electron chi connectivity index (χ4n) is 4.46. The molecule has 7 nitrogen and oxygen atoms in total. The van der Waals surface area contributed by atoms with Crippen LogP contribution in [0.5, 0.6) is 5.75 Å². The summed E-state index contributed by atoms with van der Waals surface area (Å²) >= 11 is 5.90. The lowest BCUT2D eigenvalue weighted by atomic mass is 9.66. The number of halogens is 4. The van der Waals surface area contributed by atoms with Gasteiger partial charge in [-0.25, -0.2) is 0 Å². The van der Waals surface area contributed by atoms with E-state index >= 15 is 0 Å². The summed E-state index contributed by atoms with van der Waals surface area (Å²) in [6.07, 6.45) is -4.54. The fraction of sp³-hybridized carbons (Fsp3) is 0.464. The van der Waals surface area contributed by atoms with Crippen LogP contribution in [-0.4, -0.2) is 46.8 Å². The number of amides is 2. The number of nitrogens with one attached hydrogen (secondary N) is 1. The minimum absolute atomic E-state index is 0.0143. The molecule has 39 heavy (non-hydrogen) atoms. The van der Waals surface area contributed by atoms with Crippen LogP contribution in [0.2, 0.25) is 0 Å². The Labute approximate surface area is 230 Å². The summed E-state index contributed by atoms with van der Waals surface area (Å²) in [7, 11) is 1.54. The number of benzene rings is 2. The van der Waals surface area contributed by atoms with Gasteiger partial charge in [-0.05, 0) is 69.0 Å². The number of hydrogen-bond donors (Lipinski definition) is 1. The summed E-state index contributed by atoms with van der Waals surface area (Å²) < 4.78 is 49.7. The van der Waals surface area contributed by atoms with E-state index in [1.165, 1.54) is 24.1 Å². The van der Waals surface area contributed by atoms with Gasteiger partial charge in [-0.15, -0.1) is 11.6 Å². The van der Waals surface area contributed by atoms with Crippen LogP contribution in [0.15, 0.2) is 48.5 Å². The van der Waals surface area contributed by atoms with Crippen LogP contribution in [0.3, 0.4) is 0 Å². The van der Waals surface area contributed by atoms with E-state index in [0.717, 1.165) is 17.7 Å². The maximum absolute atomic E-state index is 13.7. The molecule has 0 bridgehead atoms. The highest BCUT2D eigenvalue weighted by molar-refractivity contribution is 6.27. The van der Waals surface area contributed by atoms with E-state index < -0.39 is 52.5 Å². The second-order valence-electron chi connectivity index (χ2n) is 10.5. The molecular weight excluding hydrogens is 537 g/mol. The molecule has 11 heteroatoms.